The molecule has 1 aromatic carbocycles. The van der Waals surface area contributed by atoms with Crippen LogP contribution in [-0.4, -0.2) is 47.0 Å². The fourth-order valence-corrected chi connectivity index (χ4v) is 4.06. The molecule has 3 rings (SSSR count). The molecule has 2 unspecified atom stereocenters. The molecule has 29 heavy (non-hydrogen) atoms. The predicted octanol–water partition coefficient (Wildman–Crippen LogP) is 3.56. The van der Waals surface area contributed by atoms with Crippen LogP contribution in [0.25, 0.3) is 0 Å². The maximum atomic E-state index is 13.6. The van der Waals surface area contributed by atoms with Crippen molar-refractivity contribution >= 4 is 6.09 Å². The summed E-state index contributed by atoms with van der Waals surface area (Å²) in [5, 5.41) is 20.2. The minimum atomic E-state index is -4.73. The lowest BCUT2D eigenvalue weighted by atomic mass is 9.75. The molecule has 9 heteroatoms. The molecule has 0 aromatic heterocycles. The number of ether oxygens (including phenoxy) is 2. The van der Waals surface area contributed by atoms with Crippen LogP contribution in [0.1, 0.15) is 50.3 Å². The molecule has 2 saturated heterocycles. The summed E-state index contributed by atoms with van der Waals surface area (Å²) in [5.41, 5.74) is -4.00. The van der Waals surface area contributed by atoms with Gasteiger partial charge in [-0.3, -0.25) is 4.90 Å². The van der Waals surface area contributed by atoms with Gasteiger partial charge in [-0.05, 0) is 38.5 Å². The van der Waals surface area contributed by atoms with E-state index in [1.165, 1.54) is 11.0 Å². The van der Waals surface area contributed by atoms with Crippen molar-refractivity contribution in [3.05, 3.63) is 34.9 Å². The third kappa shape index (κ3) is 4.33. The van der Waals surface area contributed by atoms with Gasteiger partial charge in [0.25, 0.3) is 0 Å². The summed E-state index contributed by atoms with van der Waals surface area (Å²) in [6.07, 6.45) is -5.56. The Bertz CT molecular complexity index is 828. The van der Waals surface area contributed by atoms with Crippen LogP contribution < -0.4 is 0 Å². The summed E-state index contributed by atoms with van der Waals surface area (Å²) in [7, 11) is 0. The number of hydrogen-bond donors (Lipinski definition) is 1. The fourth-order valence-electron chi connectivity index (χ4n) is 4.06. The highest BCUT2D eigenvalue weighted by atomic mass is 19.4. The van der Waals surface area contributed by atoms with E-state index in [1.807, 2.05) is 0 Å². The maximum absolute atomic E-state index is 13.6. The van der Waals surface area contributed by atoms with Crippen molar-refractivity contribution in [3.63, 3.8) is 0 Å². The van der Waals surface area contributed by atoms with E-state index in [0.29, 0.717) is 0 Å². The molecule has 1 N–H and O–H groups in total. The van der Waals surface area contributed by atoms with E-state index in [9.17, 15) is 23.1 Å². The van der Waals surface area contributed by atoms with Gasteiger partial charge in [-0.2, -0.15) is 18.4 Å². The molecule has 1 aromatic rings. The molecule has 158 valence electrons. The van der Waals surface area contributed by atoms with Gasteiger partial charge in [0.2, 0.25) is 0 Å². The van der Waals surface area contributed by atoms with Crippen LogP contribution in [0, 0.1) is 11.3 Å². The van der Waals surface area contributed by atoms with E-state index in [-0.39, 0.29) is 37.2 Å². The van der Waals surface area contributed by atoms with Gasteiger partial charge in [-0.25, -0.2) is 4.79 Å². The van der Waals surface area contributed by atoms with Crippen LogP contribution in [0.4, 0.5) is 18.0 Å². The number of benzene rings is 1. The average Bonchev–Trinajstić information content (AvgIpc) is 2.58. The first-order valence-corrected chi connectivity index (χ1v) is 9.27. The largest absolute Gasteiger partial charge is 0.444 e. The molecule has 2 heterocycles. The van der Waals surface area contributed by atoms with Crippen molar-refractivity contribution in [3.8, 4) is 6.07 Å². The van der Waals surface area contributed by atoms with E-state index in [4.69, 9.17) is 14.7 Å². The molecular formula is C20H23F3N2O4. The van der Waals surface area contributed by atoms with E-state index in [2.05, 4.69) is 0 Å². The zero-order valence-corrected chi connectivity index (χ0v) is 16.4. The second-order valence-electron chi connectivity index (χ2n) is 8.54. The lowest BCUT2D eigenvalue weighted by Gasteiger charge is -2.51. The minimum Gasteiger partial charge on any atom is -0.444 e. The molecule has 2 fully saturated rings. The molecule has 2 aliphatic rings. The Balaban J connectivity index is 1.97. The predicted molar refractivity (Wildman–Crippen MR) is 95.8 cm³/mol. The number of piperidine rings is 1. The van der Waals surface area contributed by atoms with Gasteiger partial charge in [0.15, 0.2) is 0 Å². The number of nitrogens with zero attached hydrogens (tertiary/aromatic N) is 2. The standard InChI is InChI=1S/C20H23F3N2O4/c1-18(2,3)29-17(26)25-13-7-19(27,8-14(25)11-28-10-13)15-5-4-12(9-24)6-16(15)20(21,22)23/h4-6,13-14,27H,7-8,10-11H2,1-3H3. The highest BCUT2D eigenvalue weighted by Crippen LogP contribution is 2.46. The highest BCUT2D eigenvalue weighted by Gasteiger charge is 2.52. The van der Waals surface area contributed by atoms with Crippen LogP contribution >= 0.6 is 0 Å². The van der Waals surface area contributed by atoms with E-state index in [1.54, 1.807) is 26.8 Å². The van der Waals surface area contributed by atoms with Crippen LogP contribution in [0.15, 0.2) is 18.2 Å². The Morgan fingerprint density at radius 1 is 1.28 bits per heavy atom. The van der Waals surface area contributed by atoms with Crippen LogP contribution in [0.5, 0.6) is 0 Å². The zero-order chi connectivity index (χ0) is 21.6. The molecule has 0 aliphatic carbocycles. The molecule has 0 saturated carbocycles. The van der Waals surface area contributed by atoms with Gasteiger partial charge in [0.1, 0.15) is 5.60 Å². The van der Waals surface area contributed by atoms with Crippen molar-refractivity contribution in [1.82, 2.24) is 4.90 Å². The summed E-state index contributed by atoms with van der Waals surface area (Å²) in [4.78, 5) is 14.1. The first-order chi connectivity index (χ1) is 13.3. The molecule has 0 radical (unpaired) electrons. The number of nitriles is 1. The van der Waals surface area contributed by atoms with Gasteiger partial charge in [-0.1, -0.05) is 6.07 Å². The van der Waals surface area contributed by atoms with Crippen LogP contribution in [0.2, 0.25) is 0 Å². The summed E-state index contributed by atoms with van der Waals surface area (Å²) in [5.74, 6) is 0. The Kier molecular flexibility index (Phi) is 5.30. The number of carbonyl (C=O) groups is 1. The first-order valence-electron chi connectivity index (χ1n) is 9.27. The van der Waals surface area contributed by atoms with E-state index >= 15 is 0 Å². The lowest BCUT2D eigenvalue weighted by Crippen LogP contribution is -2.63. The SMILES string of the molecule is CC(C)(C)OC(=O)N1C2COCC1CC(O)(c1ccc(C#N)cc1C(F)(F)F)C2. The van der Waals surface area contributed by atoms with Crippen molar-refractivity contribution in [1.29, 1.82) is 5.26 Å². The monoisotopic (exact) mass is 412 g/mol. The smallest absolute Gasteiger partial charge is 0.416 e. The second kappa shape index (κ2) is 7.18. The molecule has 1 amide bonds. The number of alkyl halides is 3. The van der Waals surface area contributed by atoms with Gasteiger partial charge < -0.3 is 14.6 Å². The Morgan fingerprint density at radius 3 is 2.34 bits per heavy atom. The van der Waals surface area contributed by atoms with Crippen molar-refractivity contribution < 1.29 is 32.5 Å². The number of halogens is 3. The summed E-state index contributed by atoms with van der Waals surface area (Å²) in [6.45, 7) is 5.36. The van der Waals surface area contributed by atoms with Gasteiger partial charge in [0, 0.05) is 12.8 Å². The number of hydrogen-bond acceptors (Lipinski definition) is 5. The molecule has 2 atom stereocenters. The molecule has 2 bridgehead atoms. The number of aliphatic hydroxyl groups is 1. The van der Waals surface area contributed by atoms with Crippen molar-refractivity contribution in [2.75, 3.05) is 13.2 Å². The van der Waals surface area contributed by atoms with Gasteiger partial charge in [0.05, 0.1) is 48.1 Å². The summed E-state index contributed by atoms with van der Waals surface area (Å²) < 4.78 is 51.8. The van der Waals surface area contributed by atoms with Crippen LogP contribution in [-0.2, 0) is 21.3 Å². The number of carbonyl (C=O) groups excluding carboxylic acids is 1. The summed E-state index contributed by atoms with van der Waals surface area (Å²) >= 11 is 0. The topological polar surface area (TPSA) is 82.8 Å². The third-order valence-electron chi connectivity index (χ3n) is 5.11. The first kappa shape index (κ1) is 21.4. The number of rotatable bonds is 1. The third-order valence-corrected chi connectivity index (χ3v) is 5.11. The molecule has 6 nitrogen and oxygen atoms in total. The van der Waals surface area contributed by atoms with Gasteiger partial charge in [-0.15, -0.1) is 0 Å². The number of fused-ring (bicyclic) bond motifs is 2. The van der Waals surface area contributed by atoms with Crippen molar-refractivity contribution in [2.24, 2.45) is 0 Å². The van der Waals surface area contributed by atoms with Crippen LogP contribution in [0.3, 0.4) is 0 Å². The average molecular weight is 412 g/mol. The van der Waals surface area contributed by atoms with E-state index in [0.717, 1.165) is 12.1 Å². The Labute approximate surface area is 166 Å². The van der Waals surface area contributed by atoms with E-state index < -0.39 is 41.1 Å². The minimum absolute atomic E-state index is 0.0929. The second-order valence-corrected chi connectivity index (χ2v) is 8.54. The normalized spacial score (nSPS) is 27.3. The zero-order valence-electron chi connectivity index (χ0n) is 16.4. The molecule has 0 spiro atoms. The fraction of sp³-hybridized carbons (Fsp3) is 0.600. The maximum Gasteiger partial charge on any atom is 0.416 e. The highest BCUT2D eigenvalue weighted by molar-refractivity contribution is 5.69. The lowest BCUT2D eigenvalue weighted by molar-refractivity contribution is -0.155. The van der Waals surface area contributed by atoms with Crippen molar-refractivity contribution in [2.45, 2.75) is 63.1 Å². The Morgan fingerprint density at radius 2 is 1.86 bits per heavy atom. The number of amides is 1. The number of morpholine rings is 1. The Hall–Kier alpha value is -2.31. The quantitative estimate of drug-likeness (QED) is 0.763. The summed E-state index contributed by atoms with van der Waals surface area (Å²) in [6, 6.07) is 3.61. The van der Waals surface area contributed by atoms with Gasteiger partial charge >= 0.3 is 12.3 Å². The molecular weight excluding hydrogens is 389 g/mol. The molecule has 2 aliphatic heterocycles.